The molecule has 1 aromatic carbocycles. The van der Waals surface area contributed by atoms with E-state index in [0.29, 0.717) is 4.47 Å². The number of ether oxygens (including phenoxy) is 1. The van der Waals surface area contributed by atoms with E-state index in [4.69, 9.17) is 5.11 Å². The van der Waals surface area contributed by atoms with E-state index in [2.05, 4.69) is 20.7 Å². The molecule has 0 aliphatic carbocycles. The Balaban J connectivity index is 3.03. The first-order valence-corrected chi connectivity index (χ1v) is 6.11. The van der Waals surface area contributed by atoms with Crippen LogP contribution < -0.4 is 0 Å². The van der Waals surface area contributed by atoms with Gasteiger partial charge in [-0.15, -0.1) is 0 Å². The van der Waals surface area contributed by atoms with Crippen LogP contribution in [0.4, 0.5) is 0 Å². The van der Waals surface area contributed by atoms with Gasteiger partial charge in [-0.25, -0.2) is 4.79 Å². The third-order valence-electron chi connectivity index (χ3n) is 2.53. The lowest BCUT2D eigenvalue weighted by atomic mass is 9.97. The molecule has 3 N–H and O–H groups in total. The van der Waals surface area contributed by atoms with Gasteiger partial charge in [0.2, 0.25) is 0 Å². The molecule has 1 aromatic rings. The number of carbonyl (C=O) groups excluding carboxylic acids is 1. The van der Waals surface area contributed by atoms with E-state index in [9.17, 15) is 19.8 Å². The molecular weight excluding hydrogens is 320 g/mol. The molecule has 0 aliphatic heterocycles. The number of aliphatic hydroxyl groups is 2. The molecule has 2 unspecified atom stereocenters. The minimum Gasteiger partial charge on any atom is -0.478 e. The van der Waals surface area contributed by atoms with Crippen LogP contribution in [0.1, 0.15) is 28.4 Å². The summed E-state index contributed by atoms with van der Waals surface area (Å²) in [7, 11) is 1.16. The van der Waals surface area contributed by atoms with E-state index in [1.807, 2.05) is 0 Å². The number of hydrogen-bond donors (Lipinski definition) is 3. The van der Waals surface area contributed by atoms with Gasteiger partial charge < -0.3 is 20.1 Å². The summed E-state index contributed by atoms with van der Waals surface area (Å²) in [5.74, 6) is -1.93. The van der Waals surface area contributed by atoms with Crippen molar-refractivity contribution in [2.24, 2.45) is 0 Å². The molecule has 0 heterocycles. The lowest BCUT2D eigenvalue weighted by molar-refractivity contribution is -0.144. The Bertz CT molecular complexity index is 487. The number of aliphatic hydroxyl groups excluding tert-OH is 2. The van der Waals surface area contributed by atoms with Crippen LogP contribution in [0, 0.1) is 0 Å². The van der Waals surface area contributed by atoms with Crippen molar-refractivity contribution in [1.82, 2.24) is 0 Å². The molecule has 19 heavy (non-hydrogen) atoms. The predicted octanol–water partition coefficient (Wildman–Crippen LogP) is 1.10. The van der Waals surface area contributed by atoms with Crippen LogP contribution in [0.25, 0.3) is 0 Å². The molecule has 0 fully saturated rings. The number of halogens is 1. The molecule has 7 heteroatoms. The van der Waals surface area contributed by atoms with Gasteiger partial charge in [0.05, 0.1) is 25.2 Å². The first kappa shape index (κ1) is 15.6. The molecule has 0 aromatic heterocycles. The monoisotopic (exact) mass is 332 g/mol. The van der Waals surface area contributed by atoms with Gasteiger partial charge in [-0.05, 0) is 23.8 Å². The number of aromatic carboxylic acids is 1. The average Bonchev–Trinajstić information content (AvgIpc) is 2.36. The smallest absolute Gasteiger partial charge is 0.336 e. The largest absolute Gasteiger partial charge is 0.478 e. The second-order valence-corrected chi connectivity index (χ2v) is 4.74. The van der Waals surface area contributed by atoms with Crippen molar-refractivity contribution in [2.45, 2.75) is 18.6 Å². The number of hydrogen-bond acceptors (Lipinski definition) is 5. The number of esters is 1. The zero-order valence-electron chi connectivity index (χ0n) is 10.0. The zero-order chi connectivity index (χ0) is 14.6. The van der Waals surface area contributed by atoms with E-state index >= 15 is 0 Å². The summed E-state index contributed by atoms with van der Waals surface area (Å²) < 4.78 is 4.93. The quantitative estimate of drug-likeness (QED) is 0.697. The molecule has 0 bridgehead atoms. The van der Waals surface area contributed by atoms with Gasteiger partial charge in [0.15, 0.2) is 0 Å². The number of carboxylic acids is 1. The first-order chi connectivity index (χ1) is 8.86. The van der Waals surface area contributed by atoms with Crippen LogP contribution in [-0.2, 0) is 9.53 Å². The molecule has 0 radical (unpaired) electrons. The van der Waals surface area contributed by atoms with E-state index in [-0.39, 0.29) is 11.1 Å². The molecule has 2 atom stereocenters. The van der Waals surface area contributed by atoms with Crippen molar-refractivity contribution in [3.05, 3.63) is 33.8 Å². The first-order valence-electron chi connectivity index (χ1n) is 5.32. The van der Waals surface area contributed by atoms with E-state index < -0.39 is 30.6 Å². The minimum absolute atomic E-state index is 0.0262. The molecule has 6 nitrogen and oxygen atoms in total. The van der Waals surface area contributed by atoms with Gasteiger partial charge in [-0.3, -0.25) is 4.79 Å². The van der Waals surface area contributed by atoms with Crippen LogP contribution in [0.2, 0.25) is 0 Å². The van der Waals surface area contributed by atoms with Crippen LogP contribution in [0.15, 0.2) is 22.7 Å². The third kappa shape index (κ3) is 4.02. The summed E-state index contributed by atoms with van der Waals surface area (Å²) in [6, 6.07) is 4.19. The predicted molar refractivity (Wildman–Crippen MR) is 68.7 cm³/mol. The highest BCUT2D eigenvalue weighted by molar-refractivity contribution is 9.10. The zero-order valence-corrected chi connectivity index (χ0v) is 11.6. The molecule has 1 rings (SSSR count). The summed E-state index contributed by atoms with van der Waals surface area (Å²) in [6.07, 6.45) is -3.37. The lowest BCUT2D eigenvalue weighted by Crippen LogP contribution is -2.24. The van der Waals surface area contributed by atoms with E-state index in [1.165, 1.54) is 18.2 Å². The van der Waals surface area contributed by atoms with Gasteiger partial charge >= 0.3 is 11.9 Å². The second kappa shape index (κ2) is 6.65. The number of methoxy groups -OCH3 is 1. The molecule has 0 saturated carbocycles. The fourth-order valence-corrected chi connectivity index (χ4v) is 1.92. The molecule has 0 amide bonds. The Morgan fingerprint density at radius 3 is 2.53 bits per heavy atom. The van der Waals surface area contributed by atoms with E-state index in [1.54, 1.807) is 0 Å². The van der Waals surface area contributed by atoms with Crippen LogP contribution in [-0.4, -0.2) is 40.5 Å². The summed E-state index contributed by atoms with van der Waals surface area (Å²) in [5, 5.41) is 28.7. The summed E-state index contributed by atoms with van der Waals surface area (Å²) >= 11 is 3.15. The van der Waals surface area contributed by atoms with Crippen molar-refractivity contribution >= 4 is 27.9 Å². The Morgan fingerprint density at radius 2 is 2.00 bits per heavy atom. The maximum atomic E-state index is 11.0. The fourth-order valence-electron chi connectivity index (χ4n) is 1.55. The topological polar surface area (TPSA) is 104 Å². The van der Waals surface area contributed by atoms with Gasteiger partial charge in [-0.1, -0.05) is 15.9 Å². The Labute approximate surface area is 117 Å². The maximum Gasteiger partial charge on any atom is 0.336 e. The maximum absolute atomic E-state index is 11.0. The number of rotatable bonds is 5. The lowest BCUT2D eigenvalue weighted by Gasteiger charge is -2.19. The normalized spacial score (nSPS) is 13.7. The van der Waals surface area contributed by atoms with Crippen LogP contribution in [0.5, 0.6) is 0 Å². The summed E-state index contributed by atoms with van der Waals surface area (Å²) in [4.78, 5) is 22.1. The van der Waals surface area contributed by atoms with Crippen LogP contribution in [0.3, 0.4) is 0 Å². The number of carboxylic acid groups (broad SMARTS) is 1. The van der Waals surface area contributed by atoms with Crippen molar-refractivity contribution in [1.29, 1.82) is 0 Å². The molecule has 0 aliphatic rings. The summed E-state index contributed by atoms with van der Waals surface area (Å²) in [6.45, 7) is 0. The van der Waals surface area contributed by atoms with Crippen molar-refractivity contribution in [3.63, 3.8) is 0 Å². The number of benzene rings is 1. The molecule has 0 saturated heterocycles. The third-order valence-corrected chi connectivity index (χ3v) is 3.02. The van der Waals surface area contributed by atoms with Gasteiger partial charge in [0.25, 0.3) is 0 Å². The highest BCUT2D eigenvalue weighted by atomic mass is 79.9. The summed E-state index contributed by atoms with van der Waals surface area (Å²) in [5.41, 5.74) is -0.113. The van der Waals surface area contributed by atoms with Crippen molar-refractivity contribution in [3.8, 4) is 0 Å². The second-order valence-electron chi connectivity index (χ2n) is 3.83. The van der Waals surface area contributed by atoms with Crippen LogP contribution >= 0.6 is 15.9 Å². The van der Waals surface area contributed by atoms with E-state index in [0.717, 1.165) is 7.11 Å². The van der Waals surface area contributed by atoms with Gasteiger partial charge in [0.1, 0.15) is 6.10 Å². The van der Waals surface area contributed by atoms with Gasteiger partial charge in [-0.2, -0.15) is 0 Å². The van der Waals surface area contributed by atoms with Crippen molar-refractivity contribution < 1.29 is 29.6 Å². The average molecular weight is 333 g/mol. The SMILES string of the molecule is COC(=O)CC(O)C(O)c1cc(Br)ccc1C(=O)O. The van der Waals surface area contributed by atoms with Crippen molar-refractivity contribution in [2.75, 3.05) is 7.11 Å². The highest BCUT2D eigenvalue weighted by Gasteiger charge is 2.26. The fraction of sp³-hybridized carbons (Fsp3) is 0.333. The van der Waals surface area contributed by atoms with Gasteiger partial charge in [0, 0.05) is 4.47 Å². The number of carbonyl (C=O) groups is 2. The Morgan fingerprint density at radius 1 is 1.37 bits per heavy atom. The highest BCUT2D eigenvalue weighted by Crippen LogP contribution is 2.26. The standard InChI is InChI=1S/C12H13BrO6/c1-19-10(15)5-9(14)11(16)8-4-6(13)2-3-7(8)12(17)18/h2-4,9,11,14,16H,5H2,1H3,(H,17,18). The minimum atomic E-state index is -1.50. The molecule has 0 spiro atoms. The molecular formula is C12H13BrO6. The Kier molecular flexibility index (Phi) is 5.46. The molecule has 104 valence electrons. The Hall–Kier alpha value is -1.44.